The van der Waals surface area contributed by atoms with E-state index in [1.165, 1.54) is 6.07 Å². The van der Waals surface area contributed by atoms with Crippen LogP contribution in [0.2, 0.25) is 0 Å². The van der Waals surface area contributed by atoms with E-state index >= 15 is 0 Å². The van der Waals surface area contributed by atoms with Gasteiger partial charge in [-0.1, -0.05) is 0 Å². The van der Waals surface area contributed by atoms with Crippen LogP contribution in [0.3, 0.4) is 0 Å². The average Bonchev–Trinajstić information content (AvgIpc) is 3.23. The Labute approximate surface area is 173 Å². The van der Waals surface area contributed by atoms with E-state index in [4.69, 9.17) is 0 Å². The summed E-state index contributed by atoms with van der Waals surface area (Å²) in [7, 11) is 1.80. The van der Waals surface area contributed by atoms with E-state index in [0.29, 0.717) is 19.2 Å². The van der Waals surface area contributed by atoms with Crippen LogP contribution in [0.1, 0.15) is 16.8 Å². The van der Waals surface area contributed by atoms with E-state index in [2.05, 4.69) is 10.3 Å². The molecule has 0 bridgehead atoms. The maximum Gasteiger partial charge on any atom is 0.385 e. The fourth-order valence-corrected chi connectivity index (χ4v) is 3.85. The van der Waals surface area contributed by atoms with E-state index in [-0.39, 0.29) is 28.3 Å². The third-order valence-electron chi connectivity index (χ3n) is 5.47. The Bertz CT molecular complexity index is 1240. The summed E-state index contributed by atoms with van der Waals surface area (Å²) in [4.78, 5) is 29.4. The Hall–Kier alpha value is -3.40. The zero-order valence-electron chi connectivity index (χ0n) is 16.3. The monoisotopic (exact) mass is 435 g/mol. The van der Waals surface area contributed by atoms with Crippen LogP contribution in [0.25, 0.3) is 16.6 Å². The van der Waals surface area contributed by atoms with Gasteiger partial charge in [0, 0.05) is 41.3 Å². The molecule has 0 amide bonds. The maximum atomic E-state index is 14.9. The Morgan fingerprint density at radius 2 is 1.87 bits per heavy atom. The Kier molecular flexibility index (Phi) is 5.40. The number of halogens is 4. The second kappa shape index (κ2) is 8.03. The maximum absolute atomic E-state index is 14.9. The lowest BCUT2D eigenvalue weighted by molar-refractivity contribution is -0.0789. The van der Waals surface area contributed by atoms with E-state index < -0.39 is 34.4 Å². The largest absolute Gasteiger partial charge is 0.385 e. The molecule has 0 spiro atoms. The van der Waals surface area contributed by atoms with Gasteiger partial charge in [-0.05, 0) is 37.7 Å². The molecule has 4 rings (SSSR count). The number of benzene rings is 2. The fourth-order valence-electron chi connectivity index (χ4n) is 3.85. The molecule has 0 radical (unpaired) electrons. The summed E-state index contributed by atoms with van der Waals surface area (Å²) < 4.78 is 56.5. The molecule has 0 saturated carbocycles. The molecule has 1 aromatic heterocycles. The second-order valence-corrected chi connectivity index (χ2v) is 7.24. The third-order valence-corrected chi connectivity index (χ3v) is 5.47. The molecular formula is C21H17F4N3O3. The molecule has 1 N–H and O–H groups in total. The summed E-state index contributed by atoms with van der Waals surface area (Å²) in [6.07, 6.45) is 1.67. The summed E-state index contributed by atoms with van der Waals surface area (Å²) in [5.41, 5.74) is -1.71. The minimum atomic E-state index is -1.61. The SMILES string of the molecule is CNC1CCN(c2cc3c(cc2F)c(=O)c(C(=O)OF)cn3-c2ccc(F)cc2F)C1. The second-order valence-electron chi connectivity index (χ2n) is 7.24. The molecular weight excluding hydrogens is 418 g/mol. The third kappa shape index (κ3) is 3.63. The smallest absolute Gasteiger partial charge is 0.367 e. The predicted octanol–water partition coefficient (Wildman–Crippen LogP) is 3.25. The van der Waals surface area contributed by atoms with Gasteiger partial charge in [0.15, 0.2) is 0 Å². The summed E-state index contributed by atoms with van der Waals surface area (Å²) in [5, 5.41) is 2.83. The normalized spacial score (nSPS) is 16.2. The summed E-state index contributed by atoms with van der Waals surface area (Å²) in [6.45, 7) is 1.07. The number of carbonyl (C=O) groups excluding carboxylic acids is 1. The van der Waals surface area contributed by atoms with Crippen molar-refractivity contribution in [3.63, 3.8) is 0 Å². The van der Waals surface area contributed by atoms with Gasteiger partial charge in [0.2, 0.25) is 5.43 Å². The van der Waals surface area contributed by atoms with Gasteiger partial charge in [-0.25, -0.2) is 22.9 Å². The number of carbonyl (C=O) groups is 1. The molecule has 31 heavy (non-hydrogen) atoms. The molecule has 6 nitrogen and oxygen atoms in total. The van der Waals surface area contributed by atoms with Crippen molar-refractivity contribution < 1.29 is 27.4 Å². The van der Waals surface area contributed by atoms with E-state index in [1.54, 1.807) is 11.9 Å². The molecule has 1 fully saturated rings. The molecule has 10 heteroatoms. The van der Waals surface area contributed by atoms with Crippen molar-refractivity contribution in [2.24, 2.45) is 0 Å². The number of aromatic nitrogens is 1. The predicted molar refractivity (Wildman–Crippen MR) is 106 cm³/mol. The first-order valence-electron chi connectivity index (χ1n) is 9.43. The molecule has 1 saturated heterocycles. The minimum Gasteiger partial charge on any atom is -0.367 e. The standard InChI is InChI=1S/C21H17F4N3O3/c1-26-12-4-5-27(9-12)19-8-18-13(7-16(19)24)20(29)14(21(30)31-25)10-28(18)17-3-2-11(22)6-15(17)23/h2-3,6-8,10,12,26H,4-5,9H2,1H3. The number of fused-ring (bicyclic) bond motifs is 1. The van der Waals surface area contributed by atoms with Crippen molar-refractivity contribution >= 4 is 22.6 Å². The van der Waals surface area contributed by atoms with Gasteiger partial charge in [-0.15, -0.1) is 0 Å². The molecule has 162 valence electrons. The van der Waals surface area contributed by atoms with Crippen molar-refractivity contribution in [3.8, 4) is 5.69 Å². The molecule has 3 aromatic rings. The molecule has 1 atom stereocenters. The van der Waals surface area contributed by atoms with Crippen molar-refractivity contribution in [2.45, 2.75) is 12.5 Å². The Morgan fingerprint density at radius 1 is 1.13 bits per heavy atom. The average molecular weight is 435 g/mol. The number of anilines is 1. The van der Waals surface area contributed by atoms with Crippen molar-refractivity contribution in [3.05, 3.63) is 69.8 Å². The van der Waals surface area contributed by atoms with E-state index in [0.717, 1.165) is 35.4 Å². The van der Waals surface area contributed by atoms with Crippen LogP contribution in [0.4, 0.5) is 23.4 Å². The first-order chi connectivity index (χ1) is 14.8. The lowest BCUT2D eigenvalue weighted by Gasteiger charge is -2.21. The summed E-state index contributed by atoms with van der Waals surface area (Å²) in [6, 6.07) is 5.12. The van der Waals surface area contributed by atoms with Crippen LogP contribution in [0.15, 0.2) is 41.3 Å². The number of pyridine rings is 1. The van der Waals surface area contributed by atoms with Crippen LogP contribution >= 0.6 is 0 Å². The highest BCUT2D eigenvalue weighted by Gasteiger charge is 2.26. The van der Waals surface area contributed by atoms with Gasteiger partial charge in [0.25, 0.3) is 0 Å². The number of hydrogen-bond donors (Lipinski definition) is 1. The highest BCUT2D eigenvalue weighted by Crippen LogP contribution is 2.30. The molecule has 1 aliphatic heterocycles. The van der Waals surface area contributed by atoms with Gasteiger partial charge in [0.1, 0.15) is 23.0 Å². The van der Waals surface area contributed by atoms with Crippen LogP contribution in [0.5, 0.6) is 0 Å². The lowest BCUT2D eigenvalue weighted by Crippen LogP contribution is -2.30. The topological polar surface area (TPSA) is 63.6 Å². The zero-order valence-corrected chi connectivity index (χ0v) is 16.3. The number of rotatable bonds is 4. The summed E-state index contributed by atoms with van der Waals surface area (Å²) >= 11 is 0. The van der Waals surface area contributed by atoms with Crippen molar-refractivity contribution in [1.29, 1.82) is 0 Å². The van der Waals surface area contributed by atoms with Crippen LogP contribution in [-0.2, 0) is 4.94 Å². The van der Waals surface area contributed by atoms with Gasteiger partial charge >= 0.3 is 5.97 Å². The quantitative estimate of drug-likeness (QED) is 0.638. The van der Waals surface area contributed by atoms with Crippen LogP contribution in [0, 0.1) is 17.5 Å². The summed E-state index contributed by atoms with van der Waals surface area (Å²) in [5.74, 6) is -4.16. The van der Waals surface area contributed by atoms with E-state index in [9.17, 15) is 27.3 Å². The number of nitrogens with one attached hydrogen (secondary N) is 1. The number of likely N-dealkylation sites (N-methyl/N-ethyl adjacent to an activating group) is 1. The molecule has 2 aromatic carbocycles. The lowest BCUT2D eigenvalue weighted by atomic mass is 10.1. The zero-order chi connectivity index (χ0) is 22.3. The van der Waals surface area contributed by atoms with Gasteiger partial charge in [-0.3, -0.25) is 4.79 Å². The Morgan fingerprint density at radius 3 is 2.52 bits per heavy atom. The molecule has 0 aliphatic carbocycles. The van der Waals surface area contributed by atoms with Crippen molar-refractivity contribution in [1.82, 2.24) is 9.88 Å². The first-order valence-corrected chi connectivity index (χ1v) is 9.43. The Balaban J connectivity index is 2.01. The van der Waals surface area contributed by atoms with Gasteiger partial charge < -0.3 is 14.8 Å². The van der Waals surface area contributed by atoms with Gasteiger partial charge in [-0.2, -0.15) is 0 Å². The first kappa shape index (κ1) is 20.9. The fraction of sp³-hybridized carbons (Fsp3) is 0.238. The molecule has 1 aliphatic rings. The van der Waals surface area contributed by atoms with Gasteiger partial charge in [0.05, 0.1) is 16.9 Å². The number of nitrogens with zero attached hydrogens (tertiary/aromatic N) is 2. The van der Waals surface area contributed by atoms with Crippen molar-refractivity contribution in [2.75, 3.05) is 25.0 Å². The van der Waals surface area contributed by atoms with Crippen LogP contribution < -0.4 is 15.6 Å². The number of hydrogen-bond acceptors (Lipinski definition) is 5. The van der Waals surface area contributed by atoms with E-state index in [1.807, 2.05) is 0 Å². The molecule has 2 heterocycles. The van der Waals surface area contributed by atoms with Crippen LogP contribution in [-0.4, -0.2) is 36.7 Å². The molecule has 1 unspecified atom stereocenters. The minimum absolute atomic E-state index is 0.0650. The highest BCUT2D eigenvalue weighted by atomic mass is 19.3. The highest BCUT2D eigenvalue weighted by molar-refractivity contribution is 5.95.